The van der Waals surface area contributed by atoms with E-state index >= 15 is 0 Å². The highest BCUT2D eigenvalue weighted by molar-refractivity contribution is 6.30. The number of rotatable bonds is 9. The molecule has 0 aromatic carbocycles. The summed E-state index contributed by atoms with van der Waals surface area (Å²) in [4.78, 5) is 13.5. The van der Waals surface area contributed by atoms with E-state index in [1.165, 1.54) is 5.57 Å². The quantitative estimate of drug-likeness (QED) is 0.250. The Morgan fingerprint density at radius 3 is 2.68 bits per heavy atom. The van der Waals surface area contributed by atoms with Crippen LogP contribution in [0.25, 0.3) is 16.6 Å². The molecule has 4 rings (SSSR count). The molecule has 0 saturated carbocycles. The first kappa shape index (κ1) is 23.3. The SMILES string of the molecule is CCC(CC)C1=CN[NH2+]C(Nc2ccc3ncc(C(=C[NH2+]C)C(=N)c4ccncc4)cc3n2)=C1. The monoisotopic (exact) mass is 456 g/mol. The van der Waals surface area contributed by atoms with Gasteiger partial charge >= 0.3 is 0 Å². The van der Waals surface area contributed by atoms with Crippen LogP contribution < -0.4 is 21.5 Å². The Kier molecular flexibility index (Phi) is 7.41. The Labute approximate surface area is 199 Å². The normalized spacial score (nSPS) is 13.9. The van der Waals surface area contributed by atoms with Crippen molar-refractivity contribution in [3.8, 4) is 0 Å². The van der Waals surface area contributed by atoms with Gasteiger partial charge < -0.3 is 5.32 Å². The minimum absolute atomic E-state index is 0.421. The lowest BCUT2D eigenvalue weighted by molar-refractivity contribution is -0.656. The molecular weight excluding hydrogens is 424 g/mol. The maximum atomic E-state index is 8.73. The van der Waals surface area contributed by atoms with E-state index in [2.05, 4.69) is 46.8 Å². The number of nitrogens with two attached hydrogens (primary N) is 2. The fourth-order valence-electron chi connectivity index (χ4n) is 4.09. The lowest BCUT2D eigenvalue weighted by Gasteiger charge is -2.19. The summed E-state index contributed by atoms with van der Waals surface area (Å²) in [5, 5.41) is 14.1. The largest absolute Gasteiger partial charge is 0.322 e. The number of hydrogen-bond acceptors (Lipinski definition) is 6. The van der Waals surface area contributed by atoms with Gasteiger partial charge in [0.05, 0.1) is 35.6 Å². The second kappa shape index (κ2) is 10.8. The van der Waals surface area contributed by atoms with Crippen LogP contribution in [0, 0.1) is 11.3 Å². The number of hydrogen-bond donors (Lipinski definition) is 5. The van der Waals surface area contributed by atoms with Crippen LogP contribution in [0.3, 0.4) is 0 Å². The first-order chi connectivity index (χ1) is 16.6. The van der Waals surface area contributed by atoms with Gasteiger partial charge in [0.2, 0.25) is 5.82 Å². The van der Waals surface area contributed by atoms with Crippen molar-refractivity contribution >= 4 is 28.1 Å². The van der Waals surface area contributed by atoms with E-state index in [0.717, 1.165) is 52.2 Å². The number of anilines is 1. The molecule has 34 heavy (non-hydrogen) atoms. The third-order valence-corrected chi connectivity index (χ3v) is 5.96. The molecule has 0 aliphatic carbocycles. The Morgan fingerprint density at radius 2 is 1.94 bits per heavy atom. The molecule has 8 nitrogen and oxygen atoms in total. The van der Waals surface area contributed by atoms with Gasteiger partial charge in [-0.15, -0.1) is 0 Å². The van der Waals surface area contributed by atoms with Crippen LogP contribution in [0.1, 0.15) is 37.8 Å². The average Bonchev–Trinajstić information content (AvgIpc) is 2.88. The second-order valence-corrected chi connectivity index (χ2v) is 8.18. The minimum Gasteiger partial charge on any atom is -0.322 e. The minimum atomic E-state index is 0.421. The molecule has 0 bridgehead atoms. The van der Waals surface area contributed by atoms with E-state index < -0.39 is 0 Å². The van der Waals surface area contributed by atoms with Gasteiger partial charge in [-0.1, -0.05) is 13.8 Å². The predicted octanol–water partition coefficient (Wildman–Crippen LogP) is 2.28. The summed E-state index contributed by atoms with van der Waals surface area (Å²) in [6.45, 7) is 4.44. The van der Waals surface area contributed by atoms with E-state index in [9.17, 15) is 0 Å². The second-order valence-electron chi connectivity index (χ2n) is 8.18. The lowest BCUT2D eigenvalue weighted by atomic mass is 9.94. The fourth-order valence-corrected chi connectivity index (χ4v) is 4.09. The Bertz CT molecular complexity index is 1260. The summed E-state index contributed by atoms with van der Waals surface area (Å²) in [5.41, 5.74) is 10.9. The summed E-state index contributed by atoms with van der Waals surface area (Å²) in [5.74, 6) is 2.25. The summed E-state index contributed by atoms with van der Waals surface area (Å²) in [7, 11) is 1.95. The van der Waals surface area contributed by atoms with E-state index in [0.29, 0.717) is 11.6 Å². The number of nitrogens with zero attached hydrogens (tertiary/aromatic N) is 3. The summed E-state index contributed by atoms with van der Waals surface area (Å²) in [6, 6.07) is 9.58. The van der Waals surface area contributed by atoms with Crippen LogP contribution in [-0.4, -0.2) is 27.7 Å². The van der Waals surface area contributed by atoms with Crippen LogP contribution in [0.5, 0.6) is 0 Å². The van der Waals surface area contributed by atoms with E-state index in [-0.39, 0.29) is 0 Å². The van der Waals surface area contributed by atoms with Crippen molar-refractivity contribution in [2.75, 3.05) is 12.4 Å². The smallest absolute Gasteiger partial charge is 0.228 e. The van der Waals surface area contributed by atoms with Gasteiger partial charge in [0.25, 0.3) is 0 Å². The maximum Gasteiger partial charge on any atom is 0.228 e. The van der Waals surface area contributed by atoms with Crippen LogP contribution >= 0.6 is 0 Å². The summed E-state index contributed by atoms with van der Waals surface area (Å²) < 4.78 is 0. The zero-order valence-corrected chi connectivity index (χ0v) is 19.8. The predicted molar refractivity (Wildman–Crippen MR) is 135 cm³/mol. The van der Waals surface area contributed by atoms with Crippen molar-refractivity contribution in [1.82, 2.24) is 20.4 Å². The van der Waals surface area contributed by atoms with Crippen molar-refractivity contribution in [3.05, 3.63) is 89.9 Å². The van der Waals surface area contributed by atoms with Gasteiger partial charge in [-0.05, 0) is 54.7 Å². The molecule has 0 fully saturated rings. The molecule has 0 saturated heterocycles. The third-order valence-electron chi connectivity index (χ3n) is 5.96. The fraction of sp³-hybridized carbons (Fsp3) is 0.231. The molecule has 0 atom stereocenters. The highest BCUT2D eigenvalue weighted by Crippen LogP contribution is 2.23. The number of fused-ring (bicyclic) bond motifs is 1. The van der Waals surface area contributed by atoms with Crippen LogP contribution in [-0.2, 0) is 0 Å². The third kappa shape index (κ3) is 5.19. The zero-order valence-electron chi connectivity index (χ0n) is 19.8. The Morgan fingerprint density at radius 1 is 1.15 bits per heavy atom. The van der Waals surface area contributed by atoms with Crippen LogP contribution in [0.4, 0.5) is 5.82 Å². The van der Waals surface area contributed by atoms with Gasteiger partial charge in [-0.25, -0.2) is 10.4 Å². The van der Waals surface area contributed by atoms with Crippen molar-refractivity contribution in [2.24, 2.45) is 5.92 Å². The van der Waals surface area contributed by atoms with E-state index in [1.807, 2.05) is 54.3 Å². The maximum absolute atomic E-state index is 8.73. The van der Waals surface area contributed by atoms with Crippen molar-refractivity contribution in [3.63, 3.8) is 0 Å². The highest BCUT2D eigenvalue weighted by atomic mass is 15.4. The van der Waals surface area contributed by atoms with E-state index in [1.54, 1.807) is 18.6 Å². The van der Waals surface area contributed by atoms with Crippen molar-refractivity contribution in [1.29, 1.82) is 5.41 Å². The molecule has 7 N–H and O–H groups in total. The highest BCUT2D eigenvalue weighted by Gasteiger charge is 2.17. The summed E-state index contributed by atoms with van der Waals surface area (Å²) >= 11 is 0. The molecule has 174 valence electrons. The molecule has 3 aromatic heterocycles. The first-order valence-corrected chi connectivity index (χ1v) is 11.7. The number of quaternary nitrogens is 2. The van der Waals surface area contributed by atoms with Gasteiger partial charge in [-0.3, -0.25) is 20.7 Å². The van der Waals surface area contributed by atoms with Crippen LogP contribution in [0.2, 0.25) is 0 Å². The number of allylic oxidation sites excluding steroid dienone is 3. The van der Waals surface area contributed by atoms with Gasteiger partial charge in [-0.2, -0.15) is 5.43 Å². The van der Waals surface area contributed by atoms with Gasteiger partial charge in [0.15, 0.2) is 0 Å². The molecule has 8 heteroatoms. The Hall–Kier alpha value is -3.88. The molecular formula is C26H32N8+2. The number of pyridine rings is 3. The molecule has 0 radical (unpaired) electrons. The first-order valence-electron chi connectivity index (χ1n) is 11.7. The number of nitrogens with one attached hydrogen (secondary N) is 3. The molecule has 1 aliphatic rings. The lowest BCUT2D eigenvalue weighted by Crippen LogP contribution is -2.92. The van der Waals surface area contributed by atoms with Crippen molar-refractivity contribution < 1.29 is 10.7 Å². The standard InChI is InChI=1S/C26H30N8/c1-4-17(5-2)19-13-25(34-31-15-19)33-24-7-6-22-23(32-24)12-20(14-30-22)21(16-28-3)26(27)18-8-10-29-11-9-18/h6-17,27-28,31,34H,4-5H2,1-3H3,(H,32,33)/p+2. The molecule has 0 spiro atoms. The summed E-state index contributed by atoms with van der Waals surface area (Å²) in [6.07, 6.45) is 13.6. The average molecular weight is 457 g/mol. The topological polar surface area (TPSA) is 120 Å². The molecule has 0 amide bonds. The molecule has 0 unspecified atom stereocenters. The zero-order chi connectivity index (χ0) is 23.9. The van der Waals surface area contributed by atoms with Crippen LogP contribution in [0.15, 0.2) is 78.8 Å². The van der Waals surface area contributed by atoms with Gasteiger partial charge in [0.1, 0.15) is 12.0 Å². The van der Waals surface area contributed by atoms with Gasteiger partial charge in [0, 0.05) is 35.8 Å². The Balaban J connectivity index is 1.62. The molecule has 4 heterocycles. The molecule has 3 aromatic rings. The van der Waals surface area contributed by atoms with Crippen molar-refractivity contribution in [2.45, 2.75) is 26.7 Å². The number of aromatic nitrogens is 3. The van der Waals surface area contributed by atoms with E-state index in [4.69, 9.17) is 10.4 Å². The molecule has 1 aliphatic heterocycles.